The lowest BCUT2D eigenvalue weighted by atomic mass is 9.88. The van der Waals surface area contributed by atoms with Crippen LogP contribution in [0.2, 0.25) is 0 Å². The highest BCUT2D eigenvalue weighted by Crippen LogP contribution is 2.24. The van der Waals surface area contributed by atoms with Gasteiger partial charge in [-0.3, -0.25) is 9.78 Å². The lowest BCUT2D eigenvalue weighted by Crippen LogP contribution is -2.26. The Kier molecular flexibility index (Phi) is 5.11. The van der Waals surface area contributed by atoms with Gasteiger partial charge in [-0.1, -0.05) is 13.8 Å². The number of fused-ring (bicyclic) bond motifs is 1. The first kappa shape index (κ1) is 15.7. The minimum atomic E-state index is -0.811. The van der Waals surface area contributed by atoms with E-state index < -0.39 is 11.4 Å². The average Bonchev–Trinajstić information content (AvgIpc) is 2.70. The lowest BCUT2D eigenvalue weighted by molar-refractivity contribution is -0.146. The Morgan fingerprint density at radius 1 is 1.42 bits per heavy atom. The molecule has 0 fully saturated rings. The highest BCUT2D eigenvalue weighted by Gasteiger charge is 2.28. The summed E-state index contributed by atoms with van der Waals surface area (Å²) in [5.74, 6) is -0.811. The third-order valence-electron chi connectivity index (χ3n) is 2.73. The fraction of sp³-hybridized carbons (Fsp3) is 0.429. The summed E-state index contributed by atoms with van der Waals surface area (Å²) in [6.45, 7) is 7.41. The number of H-pyrrole nitrogens is 1. The zero-order valence-corrected chi connectivity index (χ0v) is 13.2. The molecular formula is C14H19BrN2O2. The van der Waals surface area contributed by atoms with Gasteiger partial charge in [0.05, 0.1) is 21.7 Å². The Balaban J connectivity index is 0.000000861. The van der Waals surface area contributed by atoms with Crippen molar-refractivity contribution in [2.45, 2.75) is 34.1 Å². The molecule has 2 rings (SSSR count). The molecule has 5 heteroatoms. The number of rotatable bonds is 3. The Bertz CT molecular complexity index is 576. The molecule has 0 amide bonds. The molecule has 2 aromatic rings. The SMILES string of the molecule is CC.CC(C)(Cc1cc2cc(Br)[nH]c2cn1)C(=O)O. The number of pyridine rings is 1. The van der Waals surface area contributed by atoms with Gasteiger partial charge in [0.1, 0.15) is 0 Å². The van der Waals surface area contributed by atoms with Gasteiger partial charge in [0, 0.05) is 17.5 Å². The van der Waals surface area contributed by atoms with Crippen molar-refractivity contribution in [2.75, 3.05) is 0 Å². The number of nitrogens with one attached hydrogen (secondary N) is 1. The van der Waals surface area contributed by atoms with Crippen LogP contribution >= 0.6 is 15.9 Å². The topological polar surface area (TPSA) is 66.0 Å². The van der Waals surface area contributed by atoms with Gasteiger partial charge in [-0.15, -0.1) is 0 Å². The van der Waals surface area contributed by atoms with Gasteiger partial charge >= 0.3 is 5.97 Å². The molecule has 0 saturated carbocycles. The van der Waals surface area contributed by atoms with E-state index in [-0.39, 0.29) is 0 Å². The summed E-state index contributed by atoms with van der Waals surface area (Å²) in [6.07, 6.45) is 2.15. The maximum atomic E-state index is 11.1. The molecule has 0 aliphatic carbocycles. The van der Waals surface area contributed by atoms with Crippen LogP contribution in [0.4, 0.5) is 0 Å². The van der Waals surface area contributed by atoms with Crippen LogP contribution in [0.1, 0.15) is 33.4 Å². The van der Waals surface area contributed by atoms with E-state index in [2.05, 4.69) is 25.9 Å². The molecule has 2 heterocycles. The second kappa shape index (κ2) is 6.19. The van der Waals surface area contributed by atoms with Crippen molar-refractivity contribution in [2.24, 2.45) is 5.41 Å². The van der Waals surface area contributed by atoms with Crippen molar-refractivity contribution < 1.29 is 9.90 Å². The maximum Gasteiger partial charge on any atom is 0.309 e. The minimum Gasteiger partial charge on any atom is -0.481 e. The van der Waals surface area contributed by atoms with Crippen LogP contribution in [0, 0.1) is 5.41 Å². The molecule has 4 nitrogen and oxygen atoms in total. The molecule has 0 saturated heterocycles. The van der Waals surface area contributed by atoms with Crippen molar-refractivity contribution in [1.82, 2.24) is 9.97 Å². The quantitative estimate of drug-likeness (QED) is 0.895. The molecule has 0 unspecified atom stereocenters. The number of carbonyl (C=O) groups is 1. The smallest absolute Gasteiger partial charge is 0.309 e. The largest absolute Gasteiger partial charge is 0.481 e. The van der Waals surface area contributed by atoms with Gasteiger partial charge in [0.2, 0.25) is 0 Å². The molecule has 0 radical (unpaired) electrons. The number of halogens is 1. The molecule has 0 aromatic carbocycles. The average molecular weight is 327 g/mol. The second-order valence-corrected chi connectivity index (χ2v) is 5.60. The van der Waals surface area contributed by atoms with E-state index in [1.54, 1.807) is 20.0 Å². The Morgan fingerprint density at radius 2 is 2.05 bits per heavy atom. The predicted octanol–water partition coefficient (Wildman–Crippen LogP) is 4.00. The van der Waals surface area contributed by atoms with E-state index in [4.69, 9.17) is 5.11 Å². The first-order valence-corrected chi connectivity index (χ1v) is 7.04. The van der Waals surface area contributed by atoms with Crippen LogP contribution in [0.5, 0.6) is 0 Å². The van der Waals surface area contributed by atoms with Crippen molar-refractivity contribution >= 4 is 32.8 Å². The van der Waals surface area contributed by atoms with Gasteiger partial charge in [-0.2, -0.15) is 0 Å². The van der Waals surface area contributed by atoms with Crippen LogP contribution in [-0.4, -0.2) is 21.0 Å². The summed E-state index contributed by atoms with van der Waals surface area (Å²) in [6, 6.07) is 3.87. The summed E-state index contributed by atoms with van der Waals surface area (Å²) in [5.41, 5.74) is 0.930. The standard InChI is InChI=1S/C12H13BrN2O2.C2H6/c1-12(2,11(16)17)5-8-3-7-4-10(13)15-9(7)6-14-8;1-2/h3-4,6,15H,5H2,1-2H3,(H,16,17);1-2H3. The van der Waals surface area contributed by atoms with Crippen molar-refractivity contribution in [3.05, 3.63) is 28.6 Å². The number of hydrogen-bond acceptors (Lipinski definition) is 2. The molecule has 0 atom stereocenters. The fourth-order valence-electron chi connectivity index (χ4n) is 1.67. The molecule has 0 spiro atoms. The second-order valence-electron chi connectivity index (χ2n) is 4.75. The number of hydrogen-bond donors (Lipinski definition) is 2. The number of aliphatic carboxylic acids is 1. The zero-order chi connectivity index (χ0) is 14.6. The summed E-state index contributed by atoms with van der Waals surface area (Å²) in [7, 11) is 0. The van der Waals surface area contributed by atoms with Crippen molar-refractivity contribution in [1.29, 1.82) is 0 Å². The van der Waals surface area contributed by atoms with E-state index in [1.165, 1.54) is 0 Å². The normalized spacial score (nSPS) is 11.0. The molecule has 2 N–H and O–H groups in total. The van der Waals surface area contributed by atoms with E-state index >= 15 is 0 Å². The maximum absolute atomic E-state index is 11.1. The van der Waals surface area contributed by atoms with Crippen LogP contribution < -0.4 is 0 Å². The Labute approximate surface area is 121 Å². The lowest BCUT2D eigenvalue weighted by Gasteiger charge is -2.18. The van der Waals surface area contributed by atoms with E-state index in [0.29, 0.717) is 6.42 Å². The van der Waals surface area contributed by atoms with Gasteiger partial charge in [0.25, 0.3) is 0 Å². The zero-order valence-electron chi connectivity index (χ0n) is 11.6. The third-order valence-corrected chi connectivity index (χ3v) is 3.16. The Morgan fingerprint density at radius 3 is 2.63 bits per heavy atom. The molecule has 0 bridgehead atoms. The number of nitrogens with zero attached hydrogens (tertiary/aromatic N) is 1. The minimum absolute atomic E-state index is 0.418. The van der Waals surface area contributed by atoms with Crippen LogP contribution in [0.25, 0.3) is 10.9 Å². The summed E-state index contributed by atoms with van der Waals surface area (Å²) in [4.78, 5) is 18.4. The number of aromatic nitrogens is 2. The van der Waals surface area contributed by atoms with Crippen molar-refractivity contribution in [3.8, 4) is 0 Å². The number of carboxylic acid groups (broad SMARTS) is 1. The Hall–Kier alpha value is -1.36. The summed E-state index contributed by atoms with van der Waals surface area (Å²) >= 11 is 3.36. The molecule has 104 valence electrons. The highest BCUT2D eigenvalue weighted by molar-refractivity contribution is 9.10. The predicted molar refractivity (Wildman–Crippen MR) is 80.3 cm³/mol. The molecule has 0 aliphatic heterocycles. The molecule has 0 aliphatic rings. The molecule has 19 heavy (non-hydrogen) atoms. The molecular weight excluding hydrogens is 308 g/mol. The first-order chi connectivity index (χ1) is 8.88. The van der Waals surface area contributed by atoms with Crippen LogP contribution in [-0.2, 0) is 11.2 Å². The van der Waals surface area contributed by atoms with Gasteiger partial charge < -0.3 is 10.1 Å². The van der Waals surface area contributed by atoms with Crippen LogP contribution in [0.3, 0.4) is 0 Å². The highest BCUT2D eigenvalue weighted by atomic mass is 79.9. The van der Waals surface area contributed by atoms with Gasteiger partial charge in [-0.25, -0.2) is 0 Å². The third kappa shape index (κ3) is 3.80. The number of aromatic amines is 1. The van der Waals surface area contributed by atoms with Crippen molar-refractivity contribution in [3.63, 3.8) is 0 Å². The van der Waals surface area contributed by atoms with E-state index in [0.717, 1.165) is 21.2 Å². The molecule has 2 aromatic heterocycles. The van der Waals surface area contributed by atoms with Gasteiger partial charge in [0.15, 0.2) is 0 Å². The summed E-state index contributed by atoms with van der Waals surface area (Å²) < 4.78 is 0.893. The van der Waals surface area contributed by atoms with Crippen LogP contribution in [0.15, 0.2) is 22.9 Å². The van der Waals surface area contributed by atoms with E-state index in [1.807, 2.05) is 26.0 Å². The van der Waals surface area contributed by atoms with E-state index in [9.17, 15) is 4.79 Å². The monoisotopic (exact) mass is 326 g/mol. The number of carboxylic acids is 1. The van der Waals surface area contributed by atoms with Gasteiger partial charge in [-0.05, 0) is 41.9 Å². The first-order valence-electron chi connectivity index (χ1n) is 6.25. The fourth-order valence-corrected chi connectivity index (χ4v) is 2.13. The summed E-state index contributed by atoms with van der Waals surface area (Å²) in [5, 5.41) is 10.1.